The molecule has 1 aliphatic heterocycles. The van der Waals surface area contributed by atoms with E-state index in [9.17, 15) is 9.18 Å². The van der Waals surface area contributed by atoms with Crippen LogP contribution in [0.25, 0.3) is 0 Å². The van der Waals surface area contributed by atoms with Gasteiger partial charge < -0.3 is 4.90 Å². The highest BCUT2D eigenvalue weighted by atomic mass is 19.1. The molecule has 0 radical (unpaired) electrons. The Morgan fingerprint density at radius 1 is 1.30 bits per heavy atom. The van der Waals surface area contributed by atoms with Gasteiger partial charge in [0.15, 0.2) is 0 Å². The summed E-state index contributed by atoms with van der Waals surface area (Å²) >= 11 is 0. The van der Waals surface area contributed by atoms with Crippen LogP contribution < -0.4 is 0 Å². The summed E-state index contributed by atoms with van der Waals surface area (Å²) in [5.41, 5.74) is 0.759. The number of aromatic nitrogens is 4. The fourth-order valence-corrected chi connectivity index (χ4v) is 3.02. The second-order valence-corrected chi connectivity index (χ2v) is 5.91. The monoisotopic (exact) mass is 317 g/mol. The maximum Gasteiger partial charge on any atom is 0.247 e. The summed E-state index contributed by atoms with van der Waals surface area (Å²) < 4.78 is 15.0. The zero-order valence-electron chi connectivity index (χ0n) is 13.2. The van der Waals surface area contributed by atoms with Crippen molar-refractivity contribution >= 4 is 5.91 Å². The number of aryl methyl sites for hydroxylation is 1. The first-order valence-corrected chi connectivity index (χ1v) is 7.93. The van der Waals surface area contributed by atoms with Crippen LogP contribution in [0.5, 0.6) is 0 Å². The van der Waals surface area contributed by atoms with Crippen LogP contribution in [0, 0.1) is 12.7 Å². The van der Waals surface area contributed by atoms with Crippen molar-refractivity contribution in [2.75, 3.05) is 13.1 Å². The molecule has 6 nitrogen and oxygen atoms in total. The quantitative estimate of drug-likeness (QED) is 0.864. The number of amides is 1. The molecule has 122 valence electrons. The van der Waals surface area contributed by atoms with Crippen LogP contribution >= 0.6 is 0 Å². The molecule has 0 bridgehead atoms. The van der Waals surface area contributed by atoms with E-state index in [-0.39, 0.29) is 11.7 Å². The highest BCUT2D eigenvalue weighted by molar-refractivity contribution is 5.80. The van der Waals surface area contributed by atoms with Crippen LogP contribution in [0.2, 0.25) is 0 Å². The predicted molar refractivity (Wildman–Crippen MR) is 82.1 cm³/mol. The topological polar surface area (TPSA) is 63.9 Å². The SMILES string of the molecule is Cc1nnnn1C(Cc1cccc(F)c1)C(=O)N1CCCCC1. The minimum absolute atomic E-state index is 0.00404. The molecule has 0 spiro atoms. The van der Waals surface area contributed by atoms with Gasteiger partial charge in [0, 0.05) is 19.5 Å². The number of likely N-dealkylation sites (tertiary alicyclic amines) is 1. The maximum absolute atomic E-state index is 13.5. The molecule has 3 rings (SSSR count). The molecule has 0 saturated carbocycles. The van der Waals surface area contributed by atoms with Crippen molar-refractivity contribution in [1.29, 1.82) is 0 Å². The number of benzene rings is 1. The molecule has 1 atom stereocenters. The molecule has 1 aliphatic rings. The Morgan fingerprint density at radius 3 is 2.74 bits per heavy atom. The number of nitrogens with zero attached hydrogens (tertiary/aromatic N) is 5. The first kappa shape index (κ1) is 15.6. The highest BCUT2D eigenvalue weighted by Crippen LogP contribution is 2.20. The van der Waals surface area contributed by atoms with Crippen molar-refractivity contribution in [3.8, 4) is 0 Å². The van der Waals surface area contributed by atoms with Gasteiger partial charge in [-0.3, -0.25) is 4.79 Å². The van der Waals surface area contributed by atoms with Crippen molar-refractivity contribution in [1.82, 2.24) is 25.1 Å². The van der Waals surface area contributed by atoms with E-state index in [0.717, 1.165) is 37.9 Å². The zero-order chi connectivity index (χ0) is 16.2. The van der Waals surface area contributed by atoms with E-state index < -0.39 is 6.04 Å². The number of hydrogen-bond donors (Lipinski definition) is 0. The van der Waals surface area contributed by atoms with Gasteiger partial charge in [-0.2, -0.15) is 0 Å². The summed E-state index contributed by atoms with van der Waals surface area (Å²) in [5.74, 6) is 0.279. The fourth-order valence-electron chi connectivity index (χ4n) is 3.02. The van der Waals surface area contributed by atoms with Crippen molar-refractivity contribution in [3.05, 3.63) is 41.5 Å². The first-order valence-electron chi connectivity index (χ1n) is 7.93. The number of rotatable bonds is 4. The summed E-state index contributed by atoms with van der Waals surface area (Å²) in [6.07, 6.45) is 3.57. The Balaban J connectivity index is 1.87. The fraction of sp³-hybridized carbons (Fsp3) is 0.500. The number of piperidine rings is 1. The van der Waals surface area contributed by atoms with Gasteiger partial charge in [0.25, 0.3) is 0 Å². The minimum Gasteiger partial charge on any atom is -0.341 e. The van der Waals surface area contributed by atoms with Crippen LogP contribution in [-0.4, -0.2) is 44.1 Å². The van der Waals surface area contributed by atoms with E-state index in [0.29, 0.717) is 12.2 Å². The number of tetrazole rings is 1. The average molecular weight is 317 g/mol. The summed E-state index contributed by atoms with van der Waals surface area (Å²) in [6.45, 7) is 3.29. The van der Waals surface area contributed by atoms with Crippen LogP contribution in [0.1, 0.15) is 36.7 Å². The average Bonchev–Trinajstić information content (AvgIpc) is 2.99. The second kappa shape index (κ2) is 6.85. The smallest absolute Gasteiger partial charge is 0.247 e. The summed E-state index contributed by atoms with van der Waals surface area (Å²) in [7, 11) is 0. The Hall–Kier alpha value is -2.31. The Kier molecular flexibility index (Phi) is 4.64. The largest absolute Gasteiger partial charge is 0.341 e. The lowest BCUT2D eigenvalue weighted by Crippen LogP contribution is -2.41. The van der Waals surface area contributed by atoms with Crippen LogP contribution in [-0.2, 0) is 11.2 Å². The molecular formula is C16H20FN5O. The molecule has 2 aromatic rings. The predicted octanol–water partition coefficient (Wildman–Crippen LogP) is 1.92. The number of carbonyl (C=O) groups is 1. The van der Waals surface area contributed by atoms with E-state index in [2.05, 4.69) is 15.5 Å². The molecule has 0 aliphatic carbocycles. The van der Waals surface area contributed by atoms with Crippen LogP contribution in [0.3, 0.4) is 0 Å². The number of halogens is 1. The highest BCUT2D eigenvalue weighted by Gasteiger charge is 2.29. The van der Waals surface area contributed by atoms with Gasteiger partial charge in [0.05, 0.1) is 0 Å². The Labute approximate surface area is 134 Å². The lowest BCUT2D eigenvalue weighted by atomic mass is 10.0. The van der Waals surface area contributed by atoms with Crippen molar-refractivity contribution in [2.24, 2.45) is 0 Å². The van der Waals surface area contributed by atoms with Crippen molar-refractivity contribution in [3.63, 3.8) is 0 Å². The molecular weight excluding hydrogens is 297 g/mol. The van der Waals surface area contributed by atoms with E-state index in [4.69, 9.17) is 0 Å². The molecule has 1 fully saturated rings. The Bertz CT molecular complexity index is 681. The van der Waals surface area contributed by atoms with Crippen LogP contribution in [0.4, 0.5) is 4.39 Å². The molecule has 0 N–H and O–H groups in total. The lowest BCUT2D eigenvalue weighted by Gasteiger charge is -2.30. The third-order valence-corrected chi connectivity index (χ3v) is 4.22. The normalized spacial score (nSPS) is 16.3. The molecule has 1 unspecified atom stereocenters. The van der Waals surface area contributed by atoms with E-state index >= 15 is 0 Å². The number of hydrogen-bond acceptors (Lipinski definition) is 4. The Morgan fingerprint density at radius 2 is 2.09 bits per heavy atom. The third kappa shape index (κ3) is 3.55. The van der Waals surface area contributed by atoms with Gasteiger partial charge in [0.2, 0.25) is 5.91 Å². The molecule has 1 amide bonds. The van der Waals surface area contributed by atoms with Gasteiger partial charge in [0.1, 0.15) is 17.7 Å². The van der Waals surface area contributed by atoms with E-state index in [1.165, 1.54) is 12.1 Å². The lowest BCUT2D eigenvalue weighted by molar-refractivity contribution is -0.136. The molecule has 1 saturated heterocycles. The van der Waals surface area contributed by atoms with Gasteiger partial charge in [-0.25, -0.2) is 9.07 Å². The summed E-state index contributed by atoms with van der Waals surface area (Å²) in [6, 6.07) is 5.78. The molecule has 23 heavy (non-hydrogen) atoms. The molecule has 1 aromatic heterocycles. The molecule has 1 aromatic carbocycles. The van der Waals surface area contributed by atoms with E-state index in [1.54, 1.807) is 17.7 Å². The van der Waals surface area contributed by atoms with Gasteiger partial charge in [-0.15, -0.1) is 5.10 Å². The van der Waals surface area contributed by atoms with Crippen LogP contribution in [0.15, 0.2) is 24.3 Å². The third-order valence-electron chi connectivity index (χ3n) is 4.22. The van der Waals surface area contributed by atoms with Crippen molar-refractivity contribution < 1.29 is 9.18 Å². The van der Waals surface area contributed by atoms with Gasteiger partial charge >= 0.3 is 0 Å². The van der Waals surface area contributed by atoms with Gasteiger partial charge in [-0.1, -0.05) is 12.1 Å². The van der Waals surface area contributed by atoms with Gasteiger partial charge in [-0.05, 0) is 54.3 Å². The first-order chi connectivity index (χ1) is 11.1. The van der Waals surface area contributed by atoms with Crippen molar-refractivity contribution in [2.45, 2.75) is 38.6 Å². The van der Waals surface area contributed by atoms with E-state index in [1.807, 2.05) is 11.0 Å². The number of carbonyl (C=O) groups excluding carboxylic acids is 1. The molecule has 7 heteroatoms. The maximum atomic E-state index is 13.5. The summed E-state index contributed by atoms with van der Waals surface area (Å²) in [4.78, 5) is 14.8. The standard InChI is InChI=1S/C16H20FN5O/c1-12-18-19-20-22(12)15(11-13-6-5-7-14(17)10-13)16(23)21-8-3-2-4-9-21/h5-7,10,15H,2-4,8-9,11H2,1H3. The minimum atomic E-state index is -0.537. The molecule has 2 heterocycles. The second-order valence-electron chi connectivity index (χ2n) is 5.91. The zero-order valence-corrected chi connectivity index (χ0v) is 13.2. The summed E-state index contributed by atoms with van der Waals surface area (Å²) in [5, 5.41) is 11.5.